The third-order valence-corrected chi connectivity index (χ3v) is 4.33. The molecule has 0 bridgehead atoms. The zero-order valence-electron chi connectivity index (χ0n) is 12.0. The van der Waals surface area contributed by atoms with Crippen LogP contribution in [0.2, 0.25) is 5.15 Å². The monoisotopic (exact) mass is 349 g/mol. The van der Waals surface area contributed by atoms with Crippen LogP contribution in [0.1, 0.15) is 11.3 Å². The minimum absolute atomic E-state index is 0.261. The van der Waals surface area contributed by atoms with E-state index in [1.54, 1.807) is 24.3 Å². The zero-order valence-corrected chi connectivity index (χ0v) is 13.6. The number of thiazole rings is 1. The zero-order chi connectivity index (χ0) is 16.2. The van der Waals surface area contributed by atoms with Crippen molar-refractivity contribution >= 4 is 39.9 Å². The largest absolute Gasteiger partial charge is 0.352 e. The molecule has 118 valence electrons. The van der Waals surface area contributed by atoms with Gasteiger partial charge >= 0.3 is 0 Å². The Balaban J connectivity index is 1.58. The second-order valence-electron chi connectivity index (χ2n) is 4.81. The number of amides is 1. The minimum atomic E-state index is -0.261. The molecule has 0 aliphatic carbocycles. The van der Waals surface area contributed by atoms with Crippen molar-refractivity contribution in [2.75, 3.05) is 6.54 Å². The normalized spacial score (nSPS) is 11.4. The van der Waals surface area contributed by atoms with Crippen molar-refractivity contribution in [1.82, 2.24) is 14.7 Å². The Kier molecular flexibility index (Phi) is 4.73. The third-order valence-electron chi connectivity index (χ3n) is 3.30. The first kappa shape index (κ1) is 15.7. The van der Waals surface area contributed by atoms with Gasteiger partial charge in [0, 0.05) is 24.2 Å². The summed E-state index contributed by atoms with van der Waals surface area (Å²) in [5.74, 6) is -0.522. The van der Waals surface area contributed by atoms with Crippen molar-refractivity contribution in [3.63, 3.8) is 0 Å². The molecule has 0 saturated heterocycles. The fourth-order valence-corrected chi connectivity index (χ4v) is 3.17. The van der Waals surface area contributed by atoms with Crippen LogP contribution in [0.4, 0.5) is 4.39 Å². The van der Waals surface area contributed by atoms with Crippen LogP contribution in [0, 0.1) is 5.82 Å². The number of carbonyl (C=O) groups is 1. The number of fused-ring (bicyclic) bond motifs is 1. The second kappa shape index (κ2) is 6.93. The highest BCUT2D eigenvalue weighted by atomic mass is 35.5. The number of hydrogen-bond acceptors (Lipinski definition) is 3. The van der Waals surface area contributed by atoms with Crippen LogP contribution in [0.3, 0.4) is 0 Å². The summed E-state index contributed by atoms with van der Waals surface area (Å²) in [5, 5.41) is 4.97. The molecule has 3 aromatic rings. The maximum Gasteiger partial charge on any atom is 0.244 e. The van der Waals surface area contributed by atoms with Gasteiger partial charge in [-0.2, -0.15) is 0 Å². The Labute approximate surface area is 141 Å². The molecule has 0 spiro atoms. The van der Waals surface area contributed by atoms with Gasteiger partial charge < -0.3 is 5.32 Å². The Morgan fingerprint density at radius 3 is 3.09 bits per heavy atom. The molecule has 0 radical (unpaired) electrons. The Morgan fingerprint density at radius 2 is 2.26 bits per heavy atom. The second-order valence-corrected chi connectivity index (χ2v) is 6.04. The Bertz CT molecular complexity index is 871. The van der Waals surface area contributed by atoms with Crippen LogP contribution in [0.15, 0.2) is 41.9 Å². The molecule has 4 nitrogen and oxygen atoms in total. The molecule has 0 fully saturated rings. The van der Waals surface area contributed by atoms with Crippen LogP contribution < -0.4 is 5.32 Å². The summed E-state index contributed by atoms with van der Waals surface area (Å²) in [4.78, 5) is 16.8. The highest BCUT2D eigenvalue weighted by Gasteiger charge is 2.08. The summed E-state index contributed by atoms with van der Waals surface area (Å²) in [6.45, 7) is 0.359. The fourth-order valence-electron chi connectivity index (χ4n) is 2.16. The van der Waals surface area contributed by atoms with Crippen LogP contribution in [0.5, 0.6) is 0 Å². The molecule has 7 heteroatoms. The van der Waals surface area contributed by atoms with E-state index >= 15 is 0 Å². The van der Waals surface area contributed by atoms with E-state index in [1.165, 1.54) is 23.5 Å². The fraction of sp³-hybridized carbons (Fsp3) is 0.125. The number of rotatable bonds is 5. The quantitative estimate of drug-likeness (QED) is 0.716. The highest BCUT2D eigenvalue weighted by Crippen LogP contribution is 2.22. The molecular weight excluding hydrogens is 337 g/mol. The molecule has 2 heterocycles. The van der Waals surface area contributed by atoms with Gasteiger partial charge in [-0.3, -0.25) is 9.20 Å². The molecule has 0 aliphatic heterocycles. The number of nitrogens with one attached hydrogen (secondary N) is 1. The molecule has 3 rings (SSSR count). The molecule has 23 heavy (non-hydrogen) atoms. The van der Waals surface area contributed by atoms with Gasteiger partial charge in [0.25, 0.3) is 0 Å². The maximum absolute atomic E-state index is 13.5. The van der Waals surface area contributed by atoms with Crippen LogP contribution in [0.25, 0.3) is 11.0 Å². The first-order valence-electron chi connectivity index (χ1n) is 6.95. The molecule has 0 atom stereocenters. The molecule has 0 unspecified atom stereocenters. The molecule has 1 aromatic carbocycles. The van der Waals surface area contributed by atoms with Gasteiger partial charge in [0.15, 0.2) is 10.1 Å². The topological polar surface area (TPSA) is 46.4 Å². The van der Waals surface area contributed by atoms with E-state index in [9.17, 15) is 9.18 Å². The predicted octanol–water partition coefficient (Wildman–Crippen LogP) is 3.56. The van der Waals surface area contributed by atoms with E-state index in [4.69, 9.17) is 11.6 Å². The van der Waals surface area contributed by atoms with Crippen molar-refractivity contribution in [3.05, 3.63) is 64.1 Å². The number of imidazole rings is 1. The van der Waals surface area contributed by atoms with Gasteiger partial charge in [-0.1, -0.05) is 29.8 Å². The van der Waals surface area contributed by atoms with E-state index in [0.29, 0.717) is 29.4 Å². The van der Waals surface area contributed by atoms with Crippen LogP contribution in [-0.4, -0.2) is 21.8 Å². The molecule has 1 N–H and O–H groups in total. The van der Waals surface area contributed by atoms with Crippen molar-refractivity contribution in [3.8, 4) is 0 Å². The van der Waals surface area contributed by atoms with Crippen molar-refractivity contribution in [1.29, 1.82) is 0 Å². The van der Waals surface area contributed by atoms with Gasteiger partial charge in [0.2, 0.25) is 5.91 Å². The molecule has 0 aliphatic rings. The number of hydrogen-bond donors (Lipinski definition) is 1. The summed E-state index contributed by atoms with van der Waals surface area (Å²) in [6, 6.07) is 6.52. The van der Waals surface area contributed by atoms with Gasteiger partial charge in [0.1, 0.15) is 5.82 Å². The molecule has 2 aromatic heterocycles. The van der Waals surface area contributed by atoms with E-state index in [0.717, 1.165) is 4.96 Å². The lowest BCUT2D eigenvalue weighted by Gasteiger charge is -2.03. The summed E-state index contributed by atoms with van der Waals surface area (Å²) in [6.07, 6.45) is 5.30. The molecular formula is C16H13ClFN3OS. The number of carbonyl (C=O) groups excluding carboxylic acids is 1. The van der Waals surface area contributed by atoms with Crippen LogP contribution in [-0.2, 0) is 11.2 Å². The van der Waals surface area contributed by atoms with Gasteiger partial charge in [0.05, 0.1) is 5.69 Å². The third kappa shape index (κ3) is 3.60. The SMILES string of the molecule is O=C(/C=C/c1c(Cl)nc2sccn12)NCCc1ccccc1F. The van der Waals surface area contributed by atoms with E-state index in [1.807, 2.05) is 16.0 Å². The van der Waals surface area contributed by atoms with Gasteiger partial charge in [-0.15, -0.1) is 11.3 Å². The minimum Gasteiger partial charge on any atom is -0.352 e. The molecule has 0 saturated carbocycles. The van der Waals surface area contributed by atoms with E-state index in [2.05, 4.69) is 10.3 Å². The standard InChI is InChI=1S/C16H13ClFN3OS/c17-15-13(21-9-10-23-16(21)20-15)5-6-14(22)19-8-7-11-3-1-2-4-12(11)18/h1-6,9-10H,7-8H2,(H,19,22)/b6-5+. The average Bonchev–Trinajstić information content (AvgIpc) is 3.08. The molecule has 1 amide bonds. The summed E-state index contributed by atoms with van der Waals surface area (Å²) < 4.78 is 15.3. The first-order chi connectivity index (χ1) is 11.1. The Hall–Kier alpha value is -2.18. The first-order valence-corrected chi connectivity index (χ1v) is 8.21. The lowest BCUT2D eigenvalue weighted by molar-refractivity contribution is -0.116. The Morgan fingerprint density at radius 1 is 1.43 bits per heavy atom. The van der Waals surface area contributed by atoms with Gasteiger partial charge in [-0.05, 0) is 24.1 Å². The highest BCUT2D eigenvalue weighted by molar-refractivity contribution is 7.15. The lowest BCUT2D eigenvalue weighted by Crippen LogP contribution is -2.23. The van der Waals surface area contributed by atoms with E-state index in [-0.39, 0.29) is 11.7 Å². The summed E-state index contributed by atoms with van der Waals surface area (Å²) in [5.41, 5.74) is 1.24. The van der Waals surface area contributed by atoms with Crippen molar-refractivity contribution in [2.24, 2.45) is 0 Å². The maximum atomic E-state index is 13.5. The predicted molar refractivity (Wildman–Crippen MR) is 90.2 cm³/mol. The summed E-state index contributed by atoms with van der Waals surface area (Å²) in [7, 11) is 0. The number of nitrogens with zero attached hydrogens (tertiary/aromatic N) is 2. The van der Waals surface area contributed by atoms with E-state index < -0.39 is 0 Å². The average molecular weight is 350 g/mol. The summed E-state index contributed by atoms with van der Waals surface area (Å²) >= 11 is 7.51. The van der Waals surface area contributed by atoms with Crippen molar-refractivity contribution in [2.45, 2.75) is 6.42 Å². The van der Waals surface area contributed by atoms with Crippen molar-refractivity contribution < 1.29 is 9.18 Å². The van der Waals surface area contributed by atoms with Gasteiger partial charge in [-0.25, -0.2) is 9.37 Å². The smallest absolute Gasteiger partial charge is 0.244 e. The lowest BCUT2D eigenvalue weighted by atomic mass is 10.1. The van der Waals surface area contributed by atoms with Crippen LogP contribution >= 0.6 is 22.9 Å². The number of halogens is 2. The number of benzene rings is 1. The number of aromatic nitrogens is 2.